The van der Waals surface area contributed by atoms with Crippen molar-refractivity contribution in [1.82, 2.24) is 0 Å². The van der Waals surface area contributed by atoms with Crippen LogP contribution in [0, 0.1) is 11.3 Å². The summed E-state index contributed by atoms with van der Waals surface area (Å²) in [4.78, 5) is 12.0. The van der Waals surface area contributed by atoms with Gasteiger partial charge in [0, 0.05) is 5.69 Å². The number of hydrogen-bond donors (Lipinski definition) is 1. The SMILES string of the molecule is C[C@H](Oc1ccc(C#N)cc1)C(=O)Nc1ccccc1. The molecule has 1 N–H and O–H groups in total. The van der Waals surface area contributed by atoms with E-state index in [1.807, 2.05) is 36.4 Å². The molecule has 0 bridgehead atoms. The molecule has 0 saturated carbocycles. The number of ether oxygens (including phenoxy) is 1. The van der Waals surface area contributed by atoms with Crippen LogP contribution in [0.2, 0.25) is 0 Å². The van der Waals surface area contributed by atoms with Crippen molar-refractivity contribution in [3.05, 3.63) is 60.2 Å². The molecule has 1 amide bonds. The normalized spacial score (nSPS) is 11.2. The van der Waals surface area contributed by atoms with Gasteiger partial charge in [-0.15, -0.1) is 0 Å². The third kappa shape index (κ3) is 3.59. The van der Waals surface area contributed by atoms with Gasteiger partial charge in [0.05, 0.1) is 11.6 Å². The van der Waals surface area contributed by atoms with Crippen LogP contribution in [0.3, 0.4) is 0 Å². The molecule has 2 aromatic carbocycles. The van der Waals surface area contributed by atoms with Crippen molar-refractivity contribution in [2.75, 3.05) is 5.32 Å². The average Bonchev–Trinajstić information content (AvgIpc) is 2.49. The maximum atomic E-state index is 12.0. The Labute approximate surface area is 117 Å². The van der Waals surface area contributed by atoms with E-state index in [1.54, 1.807) is 31.2 Å². The molecule has 2 aromatic rings. The Balaban J connectivity index is 1.95. The molecule has 0 unspecified atom stereocenters. The van der Waals surface area contributed by atoms with Crippen LogP contribution in [0.15, 0.2) is 54.6 Å². The van der Waals surface area contributed by atoms with Gasteiger partial charge in [-0.25, -0.2) is 0 Å². The van der Waals surface area contributed by atoms with Gasteiger partial charge in [-0.2, -0.15) is 5.26 Å². The second-order valence-corrected chi connectivity index (χ2v) is 4.25. The molecule has 0 saturated heterocycles. The van der Waals surface area contributed by atoms with Crippen LogP contribution in [0.4, 0.5) is 5.69 Å². The van der Waals surface area contributed by atoms with Gasteiger partial charge in [0.25, 0.3) is 5.91 Å². The minimum Gasteiger partial charge on any atom is -0.481 e. The lowest BCUT2D eigenvalue weighted by Gasteiger charge is -2.14. The standard InChI is InChI=1S/C16H14N2O2/c1-12(16(19)18-14-5-3-2-4-6-14)20-15-9-7-13(11-17)8-10-15/h2-10,12H,1H3,(H,18,19)/t12-/m0/s1. The number of anilines is 1. The fourth-order valence-corrected chi connectivity index (χ4v) is 1.63. The molecule has 1 atom stereocenters. The molecule has 0 spiro atoms. The van der Waals surface area contributed by atoms with Crippen LogP contribution in [-0.4, -0.2) is 12.0 Å². The monoisotopic (exact) mass is 266 g/mol. The lowest BCUT2D eigenvalue weighted by atomic mass is 10.2. The number of carbonyl (C=O) groups is 1. The van der Waals surface area contributed by atoms with Crippen molar-refractivity contribution in [3.8, 4) is 11.8 Å². The van der Waals surface area contributed by atoms with Crippen molar-refractivity contribution in [2.24, 2.45) is 0 Å². The first-order chi connectivity index (χ1) is 9.69. The van der Waals surface area contributed by atoms with E-state index in [2.05, 4.69) is 5.32 Å². The fourth-order valence-electron chi connectivity index (χ4n) is 1.63. The molecule has 0 aliphatic rings. The predicted molar refractivity (Wildman–Crippen MR) is 76.3 cm³/mol. The minimum atomic E-state index is -0.622. The molecule has 4 heteroatoms. The number of benzene rings is 2. The number of rotatable bonds is 4. The number of nitriles is 1. The molecule has 20 heavy (non-hydrogen) atoms. The van der Waals surface area contributed by atoms with Crippen molar-refractivity contribution in [2.45, 2.75) is 13.0 Å². The Hall–Kier alpha value is -2.80. The zero-order chi connectivity index (χ0) is 14.4. The van der Waals surface area contributed by atoms with Crippen LogP contribution < -0.4 is 10.1 Å². The maximum Gasteiger partial charge on any atom is 0.265 e. The molecule has 0 heterocycles. The van der Waals surface area contributed by atoms with Gasteiger partial charge >= 0.3 is 0 Å². The van der Waals surface area contributed by atoms with Crippen molar-refractivity contribution in [3.63, 3.8) is 0 Å². The molecular formula is C16H14N2O2. The van der Waals surface area contributed by atoms with Gasteiger partial charge in [0.1, 0.15) is 5.75 Å². The van der Waals surface area contributed by atoms with E-state index in [9.17, 15) is 4.79 Å². The van der Waals surface area contributed by atoms with E-state index in [0.717, 1.165) is 5.69 Å². The Morgan fingerprint density at radius 2 is 1.80 bits per heavy atom. The van der Waals surface area contributed by atoms with Crippen LogP contribution in [0.1, 0.15) is 12.5 Å². The molecule has 0 aromatic heterocycles. The lowest BCUT2D eigenvalue weighted by Crippen LogP contribution is -2.30. The number of amides is 1. The van der Waals surface area contributed by atoms with Gasteiger partial charge in [0.15, 0.2) is 6.10 Å². The van der Waals surface area contributed by atoms with E-state index in [1.165, 1.54) is 0 Å². The van der Waals surface area contributed by atoms with Crippen LogP contribution >= 0.6 is 0 Å². The zero-order valence-corrected chi connectivity index (χ0v) is 11.0. The Morgan fingerprint density at radius 1 is 1.15 bits per heavy atom. The highest BCUT2D eigenvalue weighted by atomic mass is 16.5. The van der Waals surface area contributed by atoms with Gasteiger partial charge in [-0.1, -0.05) is 18.2 Å². The van der Waals surface area contributed by atoms with Gasteiger partial charge < -0.3 is 10.1 Å². The summed E-state index contributed by atoms with van der Waals surface area (Å²) >= 11 is 0. The third-order valence-electron chi connectivity index (χ3n) is 2.71. The molecular weight excluding hydrogens is 252 g/mol. The average molecular weight is 266 g/mol. The number of para-hydroxylation sites is 1. The number of nitrogens with one attached hydrogen (secondary N) is 1. The molecule has 100 valence electrons. The lowest BCUT2D eigenvalue weighted by molar-refractivity contribution is -0.122. The first-order valence-electron chi connectivity index (χ1n) is 6.22. The van der Waals surface area contributed by atoms with Crippen molar-refractivity contribution in [1.29, 1.82) is 5.26 Å². The molecule has 4 nitrogen and oxygen atoms in total. The third-order valence-corrected chi connectivity index (χ3v) is 2.71. The van der Waals surface area contributed by atoms with E-state index >= 15 is 0 Å². The second kappa shape index (κ2) is 6.39. The summed E-state index contributed by atoms with van der Waals surface area (Å²) in [5.41, 5.74) is 1.28. The topological polar surface area (TPSA) is 62.1 Å². The van der Waals surface area contributed by atoms with Crippen LogP contribution in [0.5, 0.6) is 5.75 Å². The predicted octanol–water partition coefficient (Wildman–Crippen LogP) is 2.96. The smallest absolute Gasteiger partial charge is 0.265 e. The molecule has 0 radical (unpaired) electrons. The summed E-state index contributed by atoms with van der Waals surface area (Å²) in [6.45, 7) is 1.68. The van der Waals surface area contributed by atoms with E-state index < -0.39 is 6.10 Å². The zero-order valence-electron chi connectivity index (χ0n) is 11.0. The van der Waals surface area contributed by atoms with Crippen molar-refractivity contribution >= 4 is 11.6 Å². The highest BCUT2D eigenvalue weighted by Crippen LogP contribution is 2.14. The quantitative estimate of drug-likeness (QED) is 0.925. The summed E-state index contributed by atoms with van der Waals surface area (Å²) in [7, 11) is 0. The van der Waals surface area contributed by atoms with Crippen molar-refractivity contribution < 1.29 is 9.53 Å². The summed E-state index contributed by atoms with van der Waals surface area (Å²) in [5.74, 6) is 0.334. The van der Waals surface area contributed by atoms with E-state index in [0.29, 0.717) is 11.3 Å². The van der Waals surface area contributed by atoms with Crippen LogP contribution in [-0.2, 0) is 4.79 Å². The summed E-state index contributed by atoms with van der Waals surface area (Å²) in [5, 5.41) is 11.5. The Kier molecular flexibility index (Phi) is 4.35. The minimum absolute atomic E-state index is 0.222. The molecule has 0 aliphatic carbocycles. The second-order valence-electron chi connectivity index (χ2n) is 4.25. The van der Waals surface area contributed by atoms with Crippen LogP contribution in [0.25, 0.3) is 0 Å². The Morgan fingerprint density at radius 3 is 2.40 bits per heavy atom. The van der Waals surface area contributed by atoms with Gasteiger partial charge in [-0.3, -0.25) is 4.79 Å². The molecule has 0 fully saturated rings. The largest absolute Gasteiger partial charge is 0.481 e. The number of nitrogens with zero attached hydrogens (tertiary/aromatic N) is 1. The van der Waals surface area contributed by atoms with Gasteiger partial charge in [0.2, 0.25) is 0 Å². The summed E-state index contributed by atoms with van der Waals surface area (Å²) < 4.78 is 5.53. The summed E-state index contributed by atoms with van der Waals surface area (Å²) in [6.07, 6.45) is -0.622. The van der Waals surface area contributed by atoms with E-state index in [4.69, 9.17) is 10.00 Å². The molecule has 0 aliphatic heterocycles. The first kappa shape index (κ1) is 13.6. The highest BCUT2D eigenvalue weighted by molar-refractivity contribution is 5.94. The highest BCUT2D eigenvalue weighted by Gasteiger charge is 2.14. The fraction of sp³-hybridized carbons (Fsp3) is 0.125. The van der Waals surface area contributed by atoms with E-state index in [-0.39, 0.29) is 5.91 Å². The Bertz CT molecular complexity index is 615. The van der Waals surface area contributed by atoms with Gasteiger partial charge in [-0.05, 0) is 43.3 Å². The molecule has 2 rings (SSSR count). The number of carbonyl (C=O) groups excluding carboxylic acids is 1. The number of hydrogen-bond acceptors (Lipinski definition) is 3. The maximum absolute atomic E-state index is 12.0. The summed E-state index contributed by atoms with van der Waals surface area (Å²) in [6, 6.07) is 17.9. The first-order valence-corrected chi connectivity index (χ1v) is 6.22.